The monoisotopic (exact) mass is 524 g/mol. The average molecular weight is 525 g/mol. The quantitative estimate of drug-likeness (QED) is 0.201. The number of nitrogens with zero attached hydrogens (tertiary/aromatic N) is 2. The first-order chi connectivity index (χ1) is 19.8. The van der Waals surface area contributed by atoms with E-state index in [0.29, 0.717) is 12.1 Å². The maximum atomic E-state index is 4.60. The van der Waals surface area contributed by atoms with Gasteiger partial charge in [-0.1, -0.05) is 60.4 Å². The second-order valence-corrected chi connectivity index (χ2v) is 10.6. The van der Waals surface area contributed by atoms with Crippen molar-refractivity contribution in [1.82, 2.24) is 30.6 Å². The number of H-pyrrole nitrogens is 2. The minimum atomic E-state index is 0.346. The standard InChI is InChI=1S/C34H32N6/c1-3-29(35-19-1)33-37-21-31(39-33)27-13-9-24(10-14-27)6-5-23-7-11-25(12-8-23)26-15-17-28(18-16-26)32-22-38-34(40-32)30-4-2-20-36-30/h7-18,21-22,29-30,35-36H,1-4,19-20H2,(H,37,39)(H,38,40)/t29-,30-/m0/s1. The predicted octanol–water partition coefficient (Wildman–Crippen LogP) is 6.38. The fourth-order valence-electron chi connectivity index (χ4n) is 5.62. The van der Waals surface area contributed by atoms with Crippen molar-refractivity contribution in [2.75, 3.05) is 13.1 Å². The first kappa shape index (κ1) is 24.6. The summed E-state index contributed by atoms with van der Waals surface area (Å²) in [5.74, 6) is 8.66. The van der Waals surface area contributed by atoms with Gasteiger partial charge in [-0.05, 0) is 85.3 Å². The zero-order chi connectivity index (χ0) is 26.7. The third kappa shape index (κ3) is 5.22. The maximum absolute atomic E-state index is 4.60. The number of imidazole rings is 2. The molecule has 0 bridgehead atoms. The van der Waals surface area contributed by atoms with E-state index in [1.807, 2.05) is 12.4 Å². The summed E-state index contributed by atoms with van der Waals surface area (Å²) in [4.78, 5) is 16.1. The summed E-state index contributed by atoms with van der Waals surface area (Å²) in [6.07, 6.45) is 8.55. The van der Waals surface area contributed by atoms with E-state index in [4.69, 9.17) is 0 Å². The SMILES string of the molecule is C(#Cc1ccc(-c2cnc([C@@H]3CCCN3)[nH]2)cc1)c1ccc(-c2ccc(-c3cnc([C@@H]4CCCN4)[nH]3)cc2)cc1. The molecule has 6 heteroatoms. The number of aromatic nitrogens is 4. The van der Waals surface area contributed by atoms with E-state index in [9.17, 15) is 0 Å². The Morgan fingerprint density at radius 2 is 0.925 bits per heavy atom. The smallest absolute Gasteiger partial charge is 0.123 e. The van der Waals surface area contributed by atoms with Crippen LogP contribution in [0.15, 0.2) is 85.2 Å². The van der Waals surface area contributed by atoms with Crippen LogP contribution in [0.2, 0.25) is 0 Å². The molecule has 2 fully saturated rings. The Hall–Kier alpha value is -4.44. The van der Waals surface area contributed by atoms with Crippen molar-refractivity contribution in [1.29, 1.82) is 0 Å². The summed E-state index contributed by atoms with van der Waals surface area (Å²) in [7, 11) is 0. The summed E-state index contributed by atoms with van der Waals surface area (Å²) in [5.41, 5.74) is 8.72. The van der Waals surface area contributed by atoms with Gasteiger partial charge in [0.2, 0.25) is 0 Å². The van der Waals surface area contributed by atoms with E-state index in [0.717, 1.165) is 71.2 Å². The highest BCUT2D eigenvalue weighted by Gasteiger charge is 2.20. The molecule has 4 heterocycles. The van der Waals surface area contributed by atoms with Crippen molar-refractivity contribution in [3.05, 3.63) is 108 Å². The third-order valence-electron chi connectivity index (χ3n) is 7.93. The predicted molar refractivity (Wildman–Crippen MR) is 159 cm³/mol. The Kier molecular flexibility index (Phi) is 6.75. The zero-order valence-corrected chi connectivity index (χ0v) is 22.4. The molecule has 6 nitrogen and oxygen atoms in total. The zero-order valence-electron chi connectivity index (χ0n) is 22.4. The van der Waals surface area contributed by atoms with Crippen LogP contribution < -0.4 is 10.6 Å². The third-order valence-corrected chi connectivity index (χ3v) is 7.93. The van der Waals surface area contributed by atoms with Crippen LogP contribution in [0.5, 0.6) is 0 Å². The van der Waals surface area contributed by atoms with Gasteiger partial charge in [0.1, 0.15) is 11.6 Å². The number of benzene rings is 3. The Morgan fingerprint density at radius 3 is 1.35 bits per heavy atom. The van der Waals surface area contributed by atoms with Gasteiger partial charge >= 0.3 is 0 Å². The summed E-state index contributed by atoms with van der Waals surface area (Å²) in [6.45, 7) is 2.13. The maximum Gasteiger partial charge on any atom is 0.123 e. The summed E-state index contributed by atoms with van der Waals surface area (Å²) < 4.78 is 0. The lowest BCUT2D eigenvalue weighted by Crippen LogP contribution is -2.14. The van der Waals surface area contributed by atoms with Gasteiger partial charge < -0.3 is 20.6 Å². The van der Waals surface area contributed by atoms with Gasteiger partial charge in [0.15, 0.2) is 0 Å². The Labute approximate surface area is 234 Å². The highest BCUT2D eigenvalue weighted by molar-refractivity contribution is 5.69. The number of aromatic amines is 2. The molecule has 4 N–H and O–H groups in total. The van der Waals surface area contributed by atoms with Crippen LogP contribution in [0.1, 0.15) is 60.5 Å². The highest BCUT2D eigenvalue weighted by atomic mass is 15.0. The first-order valence-electron chi connectivity index (χ1n) is 14.2. The van der Waals surface area contributed by atoms with Crippen LogP contribution in [0, 0.1) is 11.8 Å². The van der Waals surface area contributed by atoms with Gasteiger partial charge in [-0.15, -0.1) is 0 Å². The second-order valence-electron chi connectivity index (χ2n) is 10.6. The molecule has 0 amide bonds. The molecule has 2 atom stereocenters. The number of nitrogens with one attached hydrogen (secondary N) is 4. The minimum Gasteiger partial charge on any atom is -0.341 e. The molecule has 2 aliphatic rings. The topological polar surface area (TPSA) is 81.4 Å². The molecule has 0 saturated carbocycles. The van der Waals surface area contributed by atoms with Crippen molar-refractivity contribution in [3.8, 4) is 45.5 Å². The molecule has 3 aromatic carbocycles. The molecule has 2 saturated heterocycles. The summed E-state index contributed by atoms with van der Waals surface area (Å²) >= 11 is 0. The lowest BCUT2D eigenvalue weighted by molar-refractivity contribution is 0.613. The normalized spacial score (nSPS) is 18.5. The molecule has 198 valence electrons. The van der Waals surface area contributed by atoms with E-state index in [1.165, 1.54) is 24.0 Å². The molecule has 0 aliphatic carbocycles. The van der Waals surface area contributed by atoms with Crippen LogP contribution in [0.25, 0.3) is 33.6 Å². The molecule has 40 heavy (non-hydrogen) atoms. The van der Waals surface area contributed by atoms with Crippen LogP contribution in [0.4, 0.5) is 0 Å². The van der Waals surface area contributed by atoms with Gasteiger partial charge in [-0.3, -0.25) is 0 Å². The van der Waals surface area contributed by atoms with Gasteiger partial charge in [0.25, 0.3) is 0 Å². The molecule has 0 unspecified atom stereocenters. The van der Waals surface area contributed by atoms with E-state index < -0.39 is 0 Å². The molecule has 0 spiro atoms. The average Bonchev–Trinajstić information content (AvgIpc) is 3.83. The van der Waals surface area contributed by atoms with Crippen LogP contribution in [0.3, 0.4) is 0 Å². The van der Waals surface area contributed by atoms with Crippen molar-refractivity contribution >= 4 is 0 Å². The fraction of sp³-hybridized carbons (Fsp3) is 0.235. The van der Waals surface area contributed by atoms with Crippen molar-refractivity contribution in [2.24, 2.45) is 0 Å². The minimum absolute atomic E-state index is 0.346. The van der Waals surface area contributed by atoms with Gasteiger partial charge in [-0.2, -0.15) is 0 Å². The van der Waals surface area contributed by atoms with E-state index in [2.05, 4.69) is 115 Å². The second kappa shape index (κ2) is 11.0. The largest absolute Gasteiger partial charge is 0.341 e. The molecule has 0 radical (unpaired) electrons. The molecule has 5 aromatic rings. The van der Waals surface area contributed by atoms with Gasteiger partial charge in [-0.25, -0.2) is 9.97 Å². The molecule has 2 aliphatic heterocycles. The number of hydrogen-bond acceptors (Lipinski definition) is 4. The molecular weight excluding hydrogens is 492 g/mol. The first-order valence-corrected chi connectivity index (χ1v) is 14.2. The van der Waals surface area contributed by atoms with Crippen molar-refractivity contribution in [3.63, 3.8) is 0 Å². The van der Waals surface area contributed by atoms with E-state index >= 15 is 0 Å². The van der Waals surface area contributed by atoms with Crippen molar-refractivity contribution < 1.29 is 0 Å². The van der Waals surface area contributed by atoms with Crippen LogP contribution in [-0.4, -0.2) is 33.0 Å². The van der Waals surface area contributed by atoms with Gasteiger partial charge in [0.05, 0.1) is 35.9 Å². The van der Waals surface area contributed by atoms with Crippen molar-refractivity contribution in [2.45, 2.75) is 37.8 Å². The van der Waals surface area contributed by atoms with E-state index in [-0.39, 0.29) is 0 Å². The lowest BCUT2D eigenvalue weighted by atomic mass is 10.0. The number of rotatable bonds is 5. The van der Waals surface area contributed by atoms with Gasteiger partial charge in [0, 0.05) is 11.1 Å². The molecule has 2 aromatic heterocycles. The summed E-state index contributed by atoms with van der Waals surface area (Å²) in [6, 6.07) is 26.1. The summed E-state index contributed by atoms with van der Waals surface area (Å²) in [5, 5.41) is 6.99. The lowest BCUT2D eigenvalue weighted by Gasteiger charge is -2.06. The Balaban J connectivity index is 0.995. The van der Waals surface area contributed by atoms with Crippen LogP contribution >= 0.6 is 0 Å². The van der Waals surface area contributed by atoms with Crippen LogP contribution in [-0.2, 0) is 0 Å². The van der Waals surface area contributed by atoms with E-state index in [1.54, 1.807) is 0 Å². The molecular formula is C34H32N6. The Morgan fingerprint density at radius 1 is 0.525 bits per heavy atom. The molecule has 7 rings (SSSR count). The number of hydrogen-bond donors (Lipinski definition) is 4. The highest BCUT2D eigenvalue weighted by Crippen LogP contribution is 2.27. The Bertz CT molecular complexity index is 1640. The fourth-order valence-corrected chi connectivity index (χ4v) is 5.62.